The third-order valence-corrected chi connectivity index (χ3v) is 4.00. The van der Waals surface area contributed by atoms with Crippen LogP contribution in [0, 0.1) is 0 Å². The predicted molar refractivity (Wildman–Crippen MR) is 78.6 cm³/mol. The van der Waals surface area contributed by atoms with Crippen molar-refractivity contribution in [1.82, 2.24) is 25.1 Å². The van der Waals surface area contributed by atoms with Gasteiger partial charge < -0.3 is 9.88 Å². The zero-order valence-corrected chi connectivity index (χ0v) is 13.1. The van der Waals surface area contributed by atoms with Crippen molar-refractivity contribution in [2.75, 3.05) is 6.54 Å². The van der Waals surface area contributed by atoms with Gasteiger partial charge in [-0.1, -0.05) is 11.8 Å². The van der Waals surface area contributed by atoms with E-state index in [1.807, 2.05) is 11.4 Å². The van der Waals surface area contributed by atoms with Crippen molar-refractivity contribution >= 4 is 17.7 Å². The maximum atomic E-state index is 12.1. The molecule has 2 aromatic rings. The molecule has 0 bridgehead atoms. The Balaban J connectivity index is 2.03. The lowest BCUT2D eigenvalue weighted by atomic mass is 10.3. The smallest absolute Gasteiger partial charge is 0.346 e. The molecule has 1 amide bonds. The molecule has 2 heterocycles. The summed E-state index contributed by atoms with van der Waals surface area (Å²) in [5, 5.41) is 9.54. The predicted octanol–water partition coefficient (Wildman–Crippen LogP) is 2.04. The third-order valence-electron chi connectivity index (χ3n) is 2.87. The van der Waals surface area contributed by atoms with Crippen molar-refractivity contribution in [2.24, 2.45) is 7.05 Å². The molecule has 1 unspecified atom stereocenters. The molecule has 0 saturated heterocycles. The van der Waals surface area contributed by atoms with Gasteiger partial charge in [-0.25, -0.2) is 0 Å². The molecular formula is C13H14F3N5OS. The first-order valence-corrected chi connectivity index (χ1v) is 7.47. The summed E-state index contributed by atoms with van der Waals surface area (Å²) < 4.78 is 38.0. The van der Waals surface area contributed by atoms with E-state index in [2.05, 4.69) is 15.2 Å². The number of hydrogen-bond donors (Lipinski definition) is 1. The van der Waals surface area contributed by atoms with Gasteiger partial charge in [0, 0.05) is 25.0 Å². The summed E-state index contributed by atoms with van der Waals surface area (Å²) >= 11 is 1.03. The molecule has 10 heteroatoms. The number of nitrogens with zero attached hydrogens (tertiary/aromatic N) is 4. The Kier molecular flexibility index (Phi) is 5.24. The van der Waals surface area contributed by atoms with E-state index < -0.39 is 23.9 Å². The molecule has 0 radical (unpaired) electrons. The summed E-state index contributed by atoms with van der Waals surface area (Å²) in [6, 6.07) is 3.56. The lowest BCUT2D eigenvalue weighted by Crippen LogP contribution is -2.38. The molecule has 0 saturated carbocycles. The number of amides is 1. The molecule has 0 aliphatic heterocycles. The van der Waals surface area contributed by atoms with Crippen LogP contribution in [0.4, 0.5) is 13.2 Å². The molecule has 0 aliphatic rings. The summed E-state index contributed by atoms with van der Waals surface area (Å²) in [6.45, 7) is 0.158. The third kappa shape index (κ3) is 4.68. The van der Waals surface area contributed by atoms with E-state index >= 15 is 0 Å². The van der Waals surface area contributed by atoms with Crippen molar-refractivity contribution in [3.63, 3.8) is 0 Å². The molecule has 1 N–H and O–H groups in total. The second kappa shape index (κ2) is 6.99. The van der Waals surface area contributed by atoms with Crippen LogP contribution >= 0.6 is 11.8 Å². The highest BCUT2D eigenvalue weighted by Crippen LogP contribution is 2.25. The quantitative estimate of drug-likeness (QED) is 0.840. The standard InChI is InChI=1S/C13H14F3N5OS/c1-8(11(22)18-7-13(14,15)16)23-12-20-19-10(21(12)2)9-4-3-5-17-6-9/h3-6,8H,7H2,1-2H3,(H,18,22). The van der Waals surface area contributed by atoms with Gasteiger partial charge in [-0.3, -0.25) is 9.78 Å². The van der Waals surface area contributed by atoms with Gasteiger partial charge in [0.05, 0.1) is 5.25 Å². The van der Waals surface area contributed by atoms with Gasteiger partial charge in [0.2, 0.25) is 5.91 Å². The van der Waals surface area contributed by atoms with Crippen LogP contribution in [-0.2, 0) is 11.8 Å². The summed E-state index contributed by atoms with van der Waals surface area (Å²) in [7, 11) is 1.71. The van der Waals surface area contributed by atoms with Crippen LogP contribution < -0.4 is 5.32 Å². The molecule has 0 aromatic carbocycles. The van der Waals surface area contributed by atoms with E-state index in [0.717, 1.165) is 17.3 Å². The average molecular weight is 345 g/mol. The number of pyridine rings is 1. The average Bonchev–Trinajstić information content (AvgIpc) is 2.86. The normalized spacial score (nSPS) is 12.9. The van der Waals surface area contributed by atoms with E-state index in [-0.39, 0.29) is 0 Å². The monoisotopic (exact) mass is 345 g/mol. The zero-order valence-electron chi connectivity index (χ0n) is 12.3. The van der Waals surface area contributed by atoms with Gasteiger partial charge in [-0.2, -0.15) is 13.2 Å². The van der Waals surface area contributed by atoms with Crippen molar-refractivity contribution < 1.29 is 18.0 Å². The van der Waals surface area contributed by atoms with E-state index in [9.17, 15) is 18.0 Å². The SMILES string of the molecule is CC(Sc1nnc(-c2cccnc2)n1C)C(=O)NCC(F)(F)F. The highest BCUT2D eigenvalue weighted by atomic mass is 32.2. The number of aromatic nitrogens is 4. The first kappa shape index (κ1) is 17.3. The lowest BCUT2D eigenvalue weighted by Gasteiger charge is -2.13. The fraction of sp³-hybridized carbons (Fsp3) is 0.385. The van der Waals surface area contributed by atoms with Crippen molar-refractivity contribution in [1.29, 1.82) is 0 Å². The maximum Gasteiger partial charge on any atom is 0.405 e. The summed E-state index contributed by atoms with van der Waals surface area (Å²) in [6.07, 6.45) is -1.18. The van der Waals surface area contributed by atoms with E-state index in [1.54, 1.807) is 30.1 Å². The van der Waals surface area contributed by atoms with Crippen molar-refractivity contribution in [3.05, 3.63) is 24.5 Å². The second-order valence-electron chi connectivity index (χ2n) is 4.70. The van der Waals surface area contributed by atoms with Crippen LogP contribution in [-0.4, -0.2) is 43.6 Å². The van der Waals surface area contributed by atoms with Crippen molar-refractivity contribution in [3.8, 4) is 11.4 Å². The number of halogens is 3. The van der Waals surface area contributed by atoms with Crippen molar-refractivity contribution in [2.45, 2.75) is 23.5 Å². The van der Waals surface area contributed by atoms with Gasteiger partial charge in [0.15, 0.2) is 11.0 Å². The number of thioether (sulfide) groups is 1. The number of rotatable bonds is 5. The molecule has 2 rings (SSSR count). The summed E-state index contributed by atoms with van der Waals surface area (Å²) in [4.78, 5) is 15.7. The zero-order chi connectivity index (χ0) is 17.0. The second-order valence-corrected chi connectivity index (χ2v) is 6.01. The van der Waals surface area contributed by atoms with Crippen LogP contribution in [0.2, 0.25) is 0 Å². The summed E-state index contributed by atoms with van der Waals surface area (Å²) in [5.41, 5.74) is 0.753. The van der Waals surface area contributed by atoms with Crippen LogP contribution in [0.1, 0.15) is 6.92 Å². The van der Waals surface area contributed by atoms with Crippen LogP contribution in [0.3, 0.4) is 0 Å². The Hall–Kier alpha value is -2.10. The molecule has 0 fully saturated rings. The highest BCUT2D eigenvalue weighted by Gasteiger charge is 2.29. The summed E-state index contributed by atoms with van der Waals surface area (Å²) in [5.74, 6) is -0.151. The number of carbonyl (C=O) groups is 1. The minimum atomic E-state index is -4.43. The molecule has 124 valence electrons. The molecule has 2 aromatic heterocycles. The molecule has 0 spiro atoms. The van der Waals surface area contributed by atoms with E-state index in [1.165, 1.54) is 6.92 Å². The van der Waals surface area contributed by atoms with Crippen LogP contribution in [0.25, 0.3) is 11.4 Å². The fourth-order valence-corrected chi connectivity index (χ4v) is 2.55. The fourth-order valence-electron chi connectivity index (χ4n) is 1.71. The Bertz CT molecular complexity index is 674. The van der Waals surface area contributed by atoms with Gasteiger partial charge in [0.25, 0.3) is 0 Å². The van der Waals surface area contributed by atoms with Gasteiger partial charge >= 0.3 is 6.18 Å². The Labute approximate surface area is 134 Å². The van der Waals surface area contributed by atoms with Gasteiger partial charge in [-0.05, 0) is 19.1 Å². The Morgan fingerprint density at radius 1 is 1.43 bits per heavy atom. The number of nitrogens with one attached hydrogen (secondary N) is 1. The minimum absolute atomic E-state index is 0.429. The highest BCUT2D eigenvalue weighted by molar-refractivity contribution is 8.00. The number of alkyl halides is 3. The molecule has 6 nitrogen and oxygen atoms in total. The minimum Gasteiger partial charge on any atom is -0.346 e. The topological polar surface area (TPSA) is 72.7 Å². The molecule has 0 aliphatic carbocycles. The van der Waals surface area contributed by atoms with Crippen LogP contribution in [0.15, 0.2) is 29.7 Å². The lowest BCUT2D eigenvalue weighted by molar-refractivity contribution is -0.137. The maximum absolute atomic E-state index is 12.1. The van der Waals surface area contributed by atoms with Gasteiger partial charge in [0.1, 0.15) is 6.54 Å². The number of carbonyl (C=O) groups excluding carboxylic acids is 1. The van der Waals surface area contributed by atoms with E-state index in [0.29, 0.717) is 11.0 Å². The molecule has 1 atom stereocenters. The largest absolute Gasteiger partial charge is 0.405 e. The number of hydrogen-bond acceptors (Lipinski definition) is 5. The molecule has 23 heavy (non-hydrogen) atoms. The van der Waals surface area contributed by atoms with Crippen LogP contribution in [0.5, 0.6) is 0 Å². The van der Waals surface area contributed by atoms with E-state index in [4.69, 9.17) is 0 Å². The van der Waals surface area contributed by atoms with Gasteiger partial charge in [-0.15, -0.1) is 10.2 Å². The first-order chi connectivity index (χ1) is 10.8. The Morgan fingerprint density at radius 2 is 2.17 bits per heavy atom. The Morgan fingerprint density at radius 3 is 2.78 bits per heavy atom. The molecular weight excluding hydrogens is 331 g/mol. The first-order valence-electron chi connectivity index (χ1n) is 6.59.